The Morgan fingerprint density at radius 2 is 1.85 bits per heavy atom. The van der Waals surface area contributed by atoms with Crippen LogP contribution in [0.25, 0.3) is 0 Å². The second-order valence-corrected chi connectivity index (χ2v) is 6.01. The first-order valence-electron chi connectivity index (χ1n) is 6.44. The number of benzene rings is 1. The summed E-state index contributed by atoms with van der Waals surface area (Å²) < 4.78 is 23.5. The van der Waals surface area contributed by atoms with Gasteiger partial charge in [-0.15, -0.1) is 0 Å². The number of hydrogen-bond donors (Lipinski definition) is 1. The van der Waals surface area contributed by atoms with Crippen LogP contribution in [-0.4, -0.2) is 19.1 Å². The zero-order chi connectivity index (χ0) is 15.0. The molecule has 0 aromatic heterocycles. The van der Waals surface area contributed by atoms with Crippen molar-refractivity contribution in [3.05, 3.63) is 48.6 Å². The van der Waals surface area contributed by atoms with Crippen molar-refractivity contribution < 1.29 is 18.4 Å². The highest BCUT2D eigenvalue weighted by atomic mass is 31.2. The summed E-state index contributed by atoms with van der Waals surface area (Å²) in [6.45, 7) is 7.30. The predicted octanol–water partition coefficient (Wildman–Crippen LogP) is 3.25. The van der Waals surface area contributed by atoms with E-state index in [2.05, 4.69) is 11.9 Å². The van der Waals surface area contributed by atoms with E-state index in [1.54, 1.807) is 38.1 Å². The highest BCUT2D eigenvalue weighted by molar-refractivity contribution is 7.54. The van der Waals surface area contributed by atoms with Crippen LogP contribution in [0.1, 0.15) is 25.2 Å². The maximum Gasteiger partial charge on any atom is 0.357 e. The van der Waals surface area contributed by atoms with Gasteiger partial charge in [-0.25, -0.2) is 0 Å². The fourth-order valence-electron chi connectivity index (χ4n) is 1.72. The second-order valence-electron chi connectivity index (χ2n) is 3.90. The van der Waals surface area contributed by atoms with Gasteiger partial charge in [0.05, 0.1) is 13.2 Å². The smallest absolute Gasteiger partial charge is 0.335 e. The van der Waals surface area contributed by atoms with E-state index in [1.165, 1.54) is 0 Å². The molecule has 0 heterocycles. The zero-order valence-corrected chi connectivity index (χ0v) is 12.6. The van der Waals surface area contributed by atoms with E-state index in [1.807, 2.05) is 6.07 Å². The largest absolute Gasteiger partial charge is 0.357 e. The summed E-state index contributed by atoms with van der Waals surface area (Å²) in [5, 5.41) is 2.62. The van der Waals surface area contributed by atoms with Crippen LogP contribution in [0.4, 0.5) is 0 Å². The lowest BCUT2D eigenvalue weighted by molar-refractivity contribution is -0.116. The standard InChI is InChI=1S/C14H20NO4P/c1-4-13(16)15-14(12-10-8-7-9-11-12)20(17,18-5-2)19-6-3/h4,7-11,14H,1,5-6H2,2-3H3,(H,15,16)/t14-/m1/s1. The lowest BCUT2D eigenvalue weighted by atomic mass is 10.2. The zero-order valence-electron chi connectivity index (χ0n) is 11.7. The Morgan fingerprint density at radius 3 is 2.30 bits per heavy atom. The first-order chi connectivity index (χ1) is 9.57. The maximum absolute atomic E-state index is 12.9. The third kappa shape index (κ3) is 4.30. The molecule has 0 bridgehead atoms. The van der Waals surface area contributed by atoms with Crippen molar-refractivity contribution in [3.63, 3.8) is 0 Å². The summed E-state index contributed by atoms with van der Waals surface area (Å²) in [7, 11) is -3.50. The van der Waals surface area contributed by atoms with E-state index in [0.717, 1.165) is 6.08 Å². The molecule has 0 aliphatic carbocycles. The molecule has 5 nitrogen and oxygen atoms in total. The molecule has 1 atom stereocenters. The summed E-state index contributed by atoms with van der Waals surface area (Å²) in [4.78, 5) is 11.6. The van der Waals surface area contributed by atoms with Gasteiger partial charge >= 0.3 is 7.60 Å². The SMILES string of the molecule is C=CC(=O)N[C@@H](c1ccccc1)P(=O)(OCC)OCC. The van der Waals surface area contributed by atoms with Crippen LogP contribution in [0.15, 0.2) is 43.0 Å². The van der Waals surface area contributed by atoms with Crippen molar-refractivity contribution in [2.45, 2.75) is 19.6 Å². The molecule has 1 amide bonds. The fourth-order valence-corrected chi connectivity index (χ4v) is 3.64. The quantitative estimate of drug-likeness (QED) is 0.591. The molecule has 1 N–H and O–H groups in total. The molecule has 0 spiro atoms. The Bertz CT molecular complexity index is 479. The van der Waals surface area contributed by atoms with Crippen molar-refractivity contribution >= 4 is 13.5 Å². The van der Waals surface area contributed by atoms with Crippen LogP contribution in [0, 0.1) is 0 Å². The second kappa shape index (κ2) is 8.00. The number of carbonyl (C=O) groups excluding carboxylic acids is 1. The molecule has 1 rings (SSSR count). The van der Waals surface area contributed by atoms with Gasteiger partial charge in [-0.1, -0.05) is 36.9 Å². The van der Waals surface area contributed by atoms with Gasteiger partial charge in [0.2, 0.25) is 5.91 Å². The average Bonchev–Trinajstić information content (AvgIpc) is 2.45. The Labute approximate surface area is 119 Å². The predicted molar refractivity (Wildman–Crippen MR) is 78.4 cm³/mol. The van der Waals surface area contributed by atoms with E-state index in [4.69, 9.17) is 9.05 Å². The number of amides is 1. The van der Waals surface area contributed by atoms with E-state index in [0.29, 0.717) is 5.56 Å². The molecule has 1 aromatic carbocycles. The topological polar surface area (TPSA) is 64.6 Å². The molecular formula is C14H20NO4P. The third-order valence-electron chi connectivity index (χ3n) is 2.51. The molecule has 0 saturated carbocycles. The van der Waals surface area contributed by atoms with Crippen molar-refractivity contribution in [2.24, 2.45) is 0 Å². The van der Waals surface area contributed by atoms with E-state index in [-0.39, 0.29) is 13.2 Å². The molecule has 0 radical (unpaired) electrons. The van der Waals surface area contributed by atoms with Crippen molar-refractivity contribution in [1.29, 1.82) is 0 Å². The first kappa shape index (κ1) is 16.6. The summed E-state index contributed by atoms with van der Waals surface area (Å²) in [6, 6.07) is 8.95. The van der Waals surface area contributed by atoms with E-state index < -0.39 is 19.3 Å². The summed E-state index contributed by atoms with van der Waals surface area (Å²) in [5.41, 5.74) is 0.660. The van der Waals surface area contributed by atoms with Crippen LogP contribution in [-0.2, 0) is 18.4 Å². The minimum atomic E-state index is -3.50. The Balaban J connectivity index is 3.17. The Morgan fingerprint density at radius 1 is 1.30 bits per heavy atom. The van der Waals surface area contributed by atoms with Gasteiger partial charge in [0, 0.05) is 0 Å². The van der Waals surface area contributed by atoms with Gasteiger partial charge in [-0.3, -0.25) is 9.36 Å². The minimum Gasteiger partial charge on any atom is -0.335 e. The van der Waals surface area contributed by atoms with Gasteiger partial charge in [0.1, 0.15) is 0 Å². The van der Waals surface area contributed by atoms with E-state index in [9.17, 15) is 9.36 Å². The number of rotatable bonds is 8. The average molecular weight is 297 g/mol. The molecule has 0 fully saturated rings. The molecule has 0 aliphatic heterocycles. The third-order valence-corrected chi connectivity index (χ3v) is 4.81. The molecule has 20 heavy (non-hydrogen) atoms. The number of carbonyl (C=O) groups is 1. The number of nitrogens with one attached hydrogen (secondary N) is 1. The van der Waals surface area contributed by atoms with Crippen molar-refractivity contribution in [3.8, 4) is 0 Å². The van der Waals surface area contributed by atoms with Gasteiger partial charge < -0.3 is 14.4 Å². The Hall–Kier alpha value is -1.42. The summed E-state index contributed by atoms with van der Waals surface area (Å²) in [5.74, 6) is -1.28. The van der Waals surface area contributed by atoms with Crippen LogP contribution in [0.5, 0.6) is 0 Å². The lowest BCUT2D eigenvalue weighted by Crippen LogP contribution is -2.28. The van der Waals surface area contributed by atoms with Crippen LogP contribution in [0.2, 0.25) is 0 Å². The first-order valence-corrected chi connectivity index (χ1v) is 8.05. The van der Waals surface area contributed by atoms with Crippen LogP contribution in [0.3, 0.4) is 0 Å². The summed E-state index contributed by atoms with van der Waals surface area (Å²) >= 11 is 0. The molecule has 1 aromatic rings. The molecule has 0 saturated heterocycles. The summed E-state index contributed by atoms with van der Waals surface area (Å²) in [6.07, 6.45) is 1.12. The van der Waals surface area contributed by atoms with Gasteiger partial charge in [0.15, 0.2) is 5.78 Å². The monoisotopic (exact) mass is 297 g/mol. The van der Waals surface area contributed by atoms with Crippen LogP contribution >= 0.6 is 7.60 Å². The van der Waals surface area contributed by atoms with Gasteiger partial charge in [-0.05, 0) is 25.5 Å². The molecule has 0 aliphatic rings. The van der Waals surface area contributed by atoms with Crippen molar-refractivity contribution in [2.75, 3.05) is 13.2 Å². The molecule has 0 unspecified atom stereocenters. The Kier molecular flexibility index (Phi) is 6.65. The molecular weight excluding hydrogens is 277 g/mol. The highest BCUT2D eigenvalue weighted by Crippen LogP contribution is 2.59. The van der Waals surface area contributed by atoms with Crippen molar-refractivity contribution in [1.82, 2.24) is 5.32 Å². The van der Waals surface area contributed by atoms with E-state index >= 15 is 0 Å². The lowest BCUT2D eigenvalue weighted by Gasteiger charge is -2.27. The van der Waals surface area contributed by atoms with Gasteiger partial charge in [0.25, 0.3) is 0 Å². The fraction of sp³-hybridized carbons (Fsp3) is 0.357. The van der Waals surface area contributed by atoms with Gasteiger partial charge in [-0.2, -0.15) is 0 Å². The van der Waals surface area contributed by atoms with Crippen LogP contribution < -0.4 is 5.32 Å². The molecule has 110 valence electrons. The minimum absolute atomic E-state index is 0.227. The highest BCUT2D eigenvalue weighted by Gasteiger charge is 2.37. The molecule has 6 heteroatoms. The normalized spacial score (nSPS) is 12.7. The number of hydrogen-bond acceptors (Lipinski definition) is 4. The maximum atomic E-state index is 12.9.